The monoisotopic (exact) mass is 267 g/mol. The Balaban J connectivity index is 2.73. The molecule has 1 amide bonds. The second-order valence-corrected chi connectivity index (χ2v) is 5.79. The number of hydrogen-bond acceptors (Lipinski definition) is 4. The molecule has 0 radical (unpaired) electrons. The SMILES string of the molecule is CC(C)[C@@H](OC(=O)c1ccco1)C(=O)NC(C)(C)C. The van der Waals surface area contributed by atoms with Crippen LogP contribution in [0.15, 0.2) is 22.8 Å². The Hall–Kier alpha value is -1.78. The Labute approximate surface area is 113 Å². The van der Waals surface area contributed by atoms with Crippen LogP contribution in [0.5, 0.6) is 0 Å². The zero-order valence-corrected chi connectivity index (χ0v) is 12.0. The highest BCUT2D eigenvalue weighted by Crippen LogP contribution is 2.13. The lowest BCUT2D eigenvalue weighted by atomic mass is 10.0. The average Bonchev–Trinajstić information content (AvgIpc) is 2.75. The summed E-state index contributed by atoms with van der Waals surface area (Å²) in [6.45, 7) is 9.26. The maximum atomic E-state index is 12.1. The van der Waals surface area contributed by atoms with E-state index in [9.17, 15) is 9.59 Å². The van der Waals surface area contributed by atoms with Crippen LogP contribution in [0.4, 0.5) is 0 Å². The first-order valence-corrected chi connectivity index (χ1v) is 6.27. The first-order chi connectivity index (χ1) is 8.70. The third-order valence-corrected chi connectivity index (χ3v) is 2.32. The summed E-state index contributed by atoms with van der Waals surface area (Å²) >= 11 is 0. The second kappa shape index (κ2) is 5.91. The van der Waals surface area contributed by atoms with E-state index in [1.807, 2.05) is 34.6 Å². The van der Waals surface area contributed by atoms with Crippen LogP contribution in [0.25, 0.3) is 0 Å². The van der Waals surface area contributed by atoms with Gasteiger partial charge in [-0.15, -0.1) is 0 Å². The molecule has 19 heavy (non-hydrogen) atoms. The molecule has 0 saturated carbocycles. The predicted octanol–water partition coefficient (Wildman–Crippen LogP) is 2.38. The molecule has 0 aliphatic rings. The van der Waals surface area contributed by atoms with Gasteiger partial charge in [0.1, 0.15) is 0 Å². The molecule has 1 aromatic heterocycles. The number of carbonyl (C=O) groups is 2. The maximum absolute atomic E-state index is 12.1. The lowest BCUT2D eigenvalue weighted by Gasteiger charge is -2.26. The molecule has 1 rings (SSSR count). The average molecular weight is 267 g/mol. The Morgan fingerprint density at radius 3 is 2.37 bits per heavy atom. The molecule has 5 nitrogen and oxygen atoms in total. The maximum Gasteiger partial charge on any atom is 0.375 e. The summed E-state index contributed by atoms with van der Waals surface area (Å²) in [5.41, 5.74) is -0.374. The van der Waals surface area contributed by atoms with Gasteiger partial charge in [-0.3, -0.25) is 4.79 Å². The Bertz CT molecular complexity index is 429. The minimum Gasteiger partial charge on any atom is -0.457 e. The molecule has 1 N–H and O–H groups in total. The summed E-state index contributed by atoms with van der Waals surface area (Å²) in [6, 6.07) is 3.09. The molecule has 0 aromatic carbocycles. The lowest BCUT2D eigenvalue weighted by molar-refractivity contribution is -0.133. The second-order valence-electron chi connectivity index (χ2n) is 5.79. The molecule has 0 bridgehead atoms. The number of ether oxygens (including phenoxy) is 1. The summed E-state index contributed by atoms with van der Waals surface area (Å²) in [6.07, 6.45) is 0.549. The van der Waals surface area contributed by atoms with Gasteiger partial charge < -0.3 is 14.5 Å². The fraction of sp³-hybridized carbons (Fsp3) is 0.571. The van der Waals surface area contributed by atoms with Gasteiger partial charge in [0.2, 0.25) is 5.76 Å². The van der Waals surface area contributed by atoms with E-state index in [0.29, 0.717) is 0 Å². The van der Waals surface area contributed by atoms with Crippen molar-refractivity contribution in [3.63, 3.8) is 0 Å². The number of furan rings is 1. The standard InChI is InChI=1S/C14H21NO4/c1-9(2)11(12(16)15-14(3,4)5)19-13(17)10-7-6-8-18-10/h6-9,11H,1-5H3,(H,15,16)/t11-/m1/s1. The van der Waals surface area contributed by atoms with Gasteiger partial charge in [0.15, 0.2) is 6.10 Å². The normalized spacial score (nSPS) is 13.2. The van der Waals surface area contributed by atoms with Gasteiger partial charge in [-0.2, -0.15) is 0 Å². The fourth-order valence-electron chi connectivity index (χ4n) is 1.50. The summed E-state index contributed by atoms with van der Waals surface area (Å²) < 4.78 is 10.2. The zero-order chi connectivity index (χ0) is 14.6. The number of amides is 1. The first-order valence-electron chi connectivity index (χ1n) is 6.27. The molecule has 1 heterocycles. The molecular formula is C14H21NO4. The van der Waals surface area contributed by atoms with Gasteiger partial charge in [0.25, 0.3) is 5.91 Å². The minimum absolute atomic E-state index is 0.0919. The molecule has 0 unspecified atom stereocenters. The van der Waals surface area contributed by atoms with Gasteiger partial charge in [-0.25, -0.2) is 4.79 Å². The third-order valence-electron chi connectivity index (χ3n) is 2.32. The van der Waals surface area contributed by atoms with Crippen molar-refractivity contribution in [3.8, 4) is 0 Å². The highest BCUT2D eigenvalue weighted by atomic mass is 16.6. The molecule has 0 fully saturated rings. The van der Waals surface area contributed by atoms with Crippen LogP contribution in [0.1, 0.15) is 45.2 Å². The topological polar surface area (TPSA) is 68.5 Å². The van der Waals surface area contributed by atoms with E-state index in [1.165, 1.54) is 12.3 Å². The largest absolute Gasteiger partial charge is 0.457 e. The molecule has 1 aromatic rings. The Morgan fingerprint density at radius 2 is 1.95 bits per heavy atom. The van der Waals surface area contributed by atoms with Gasteiger partial charge in [0.05, 0.1) is 6.26 Å². The number of nitrogens with one attached hydrogen (secondary N) is 1. The summed E-state index contributed by atoms with van der Waals surface area (Å²) in [5.74, 6) is -0.967. The van der Waals surface area contributed by atoms with Crippen molar-refractivity contribution in [3.05, 3.63) is 24.2 Å². The Kier molecular flexibility index (Phi) is 4.75. The van der Waals surface area contributed by atoms with E-state index in [2.05, 4.69) is 5.32 Å². The Morgan fingerprint density at radius 1 is 1.32 bits per heavy atom. The lowest BCUT2D eigenvalue weighted by Crippen LogP contribution is -2.48. The zero-order valence-electron chi connectivity index (χ0n) is 12.0. The van der Waals surface area contributed by atoms with Crippen molar-refractivity contribution in [1.29, 1.82) is 0 Å². The number of esters is 1. The van der Waals surface area contributed by atoms with Crippen LogP contribution in [-0.2, 0) is 9.53 Å². The summed E-state index contributed by atoms with van der Waals surface area (Å²) in [7, 11) is 0. The first kappa shape index (κ1) is 15.3. The van der Waals surface area contributed by atoms with E-state index >= 15 is 0 Å². The van der Waals surface area contributed by atoms with Crippen molar-refractivity contribution in [2.75, 3.05) is 0 Å². The van der Waals surface area contributed by atoms with Crippen molar-refractivity contribution >= 4 is 11.9 Å². The quantitative estimate of drug-likeness (QED) is 0.850. The van der Waals surface area contributed by atoms with Crippen LogP contribution in [0.3, 0.4) is 0 Å². The molecule has 0 saturated heterocycles. The molecule has 5 heteroatoms. The van der Waals surface area contributed by atoms with E-state index < -0.39 is 12.1 Å². The van der Waals surface area contributed by atoms with E-state index in [1.54, 1.807) is 6.07 Å². The molecule has 106 valence electrons. The van der Waals surface area contributed by atoms with Crippen molar-refractivity contribution in [2.45, 2.75) is 46.3 Å². The molecule has 1 atom stereocenters. The molecule has 0 aliphatic carbocycles. The summed E-state index contributed by atoms with van der Waals surface area (Å²) in [4.78, 5) is 23.9. The number of rotatable bonds is 4. The van der Waals surface area contributed by atoms with Crippen LogP contribution < -0.4 is 5.32 Å². The van der Waals surface area contributed by atoms with Crippen LogP contribution >= 0.6 is 0 Å². The molecule has 0 aliphatic heterocycles. The number of hydrogen-bond donors (Lipinski definition) is 1. The van der Waals surface area contributed by atoms with Gasteiger partial charge in [-0.1, -0.05) is 13.8 Å². The summed E-state index contributed by atoms with van der Waals surface area (Å²) in [5, 5.41) is 2.80. The number of carbonyl (C=O) groups excluding carboxylic acids is 2. The molecular weight excluding hydrogens is 246 g/mol. The minimum atomic E-state index is -0.836. The van der Waals surface area contributed by atoms with E-state index in [0.717, 1.165) is 0 Å². The van der Waals surface area contributed by atoms with Gasteiger partial charge in [0, 0.05) is 5.54 Å². The third kappa shape index (κ3) is 4.77. The van der Waals surface area contributed by atoms with Crippen molar-refractivity contribution in [1.82, 2.24) is 5.32 Å². The van der Waals surface area contributed by atoms with E-state index in [-0.39, 0.29) is 23.1 Å². The van der Waals surface area contributed by atoms with Crippen LogP contribution in [0, 0.1) is 5.92 Å². The predicted molar refractivity (Wildman–Crippen MR) is 70.6 cm³/mol. The smallest absolute Gasteiger partial charge is 0.375 e. The molecule has 0 spiro atoms. The van der Waals surface area contributed by atoms with Crippen molar-refractivity contribution in [2.24, 2.45) is 5.92 Å². The van der Waals surface area contributed by atoms with Gasteiger partial charge >= 0.3 is 5.97 Å². The van der Waals surface area contributed by atoms with Crippen LogP contribution in [0.2, 0.25) is 0 Å². The fourth-order valence-corrected chi connectivity index (χ4v) is 1.50. The van der Waals surface area contributed by atoms with Crippen LogP contribution in [-0.4, -0.2) is 23.5 Å². The van der Waals surface area contributed by atoms with Crippen molar-refractivity contribution < 1.29 is 18.7 Å². The van der Waals surface area contributed by atoms with E-state index in [4.69, 9.17) is 9.15 Å². The van der Waals surface area contributed by atoms with Gasteiger partial charge in [-0.05, 0) is 38.8 Å². The highest BCUT2D eigenvalue weighted by molar-refractivity contribution is 5.90. The highest BCUT2D eigenvalue weighted by Gasteiger charge is 2.30.